The fourth-order valence-electron chi connectivity index (χ4n) is 2.00. The maximum atomic E-state index is 12.3. The Bertz CT molecular complexity index is 690. The zero-order valence-corrected chi connectivity index (χ0v) is 19.8. The second-order valence-electron chi connectivity index (χ2n) is 8.02. The van der Waals surface area contributed by atoms with Crippen LogP contribution in [-0.2, 0) is 38.1 Å². The molecule has 0 aromatic rings. The first-order valence-electron chi connectivity index (χ1n) is 10.0. The summed E-state index contributed by atoms with van der Waals surface area (Å²) in [6.07, 6.45) is -3.31. The molecule has 0 aromatic carbocycles. The van der Waals surface area contributed by atoms with Gasteiger partial charge in [0.2, 0.25) is 5.91 Å². The maximum Gasteiger partial charge on any atom is 0.511 e. The highest BCUT2D eigenvalue weighted by atomic mass is 32.2. The molecular formula is C19H35NO10S. The van der Waals surface area contributed by atoms with Gasteiger partial charge in [0.25, 0.3) is 16.4 Å². The number of ether oxygens (including phenoxy) is 3. The number of rotatable bonds is 14. The number of carbonyl (C=O) groups excluding carboxylic acids is 3. The van der Waals surface area contributed by atoms with Crippen molar-refractivity contribution in [3.05, 3.63) is 0 Å². The largest absolute Gasteiger partial charge is 0.511 e. The van der Waals surface area contributed by atoms with E-state index in [9.17, 15) is 27.9 Å². The van der Waals surface area contributed by atoms with Crippen molar-refractivity contribution in [1.29, 1.82) is 0 Å². The minimum Gasteiger partial charge on any atom is -0.434 e. The van der Waals surface area contributed by atoms with Gasteiger partial charge in [-0.2, -0.15) is 8.42 Å². The highest BCUT2D eigenvalue weighted by molar-refractivity contribution is 7.86. The van der Waals surface area contributed by atoms with Crippen LogP contribution in [-0.4, -0.2) is 69.5 Å². The molecular weight excluding hydrogens is 434 g/mol. The Morgan fingerprint density at radius 2 is 1.74 bits per heavy atom. The zero-order chi connectivity index (χ0) is 24.2. The molecule has 0 rings (SSSR count). The van der Waals surface area contributed by atoms with Crippen molar-refractivity contribution in [2.45, 2.75) is 66.8 Å². The molecule has 11 nitrogen and oxygen atoms in total. The summed E-state index contributed by atoms with van der Waals surface area (Å²) in [5, 5.41) is 12.8. The number of esters is 1. The summed E-state index contributed by atoms with van der Waals surface area (Å²) in [5.41, 5.74) is -1.33. The first-order valence-corrected chi connectivity index (χ1v) is 11.6. The van der Waals surface area contributed by atoms with E-state index < -0.39 is 52.6 Å². The van der Waals surface area contributed by atoms with Crippen LogP contribution in [0.2, 0.25) is 0 Å². The Kier molecular flexibility index (Phi) is 12.6. The van der Waals surface area contributed by atoms with Gasteiger partial charge >= 0.3 is 12.1 Å². The van der Waals surface area contributed by atoms with Crippen LogP contribution in [0.4, 0.5) is 4.79 Å². The number of aliphatic hydroxyl groups is 1. The molecule has 31 heavy (non-hydrogen) atoms. The lowest BCUT2D eigenvalue weighted by atomic mass is 9.87. The Labute approximate surface area is 183 Å². The Morgan fingerprint density at radius 3 is 2.26 bits per heavy atom. The highest BCUT2D eigenvalue weighted by Crippen LogP contribution is 2.24. The van der Waals surface area contributed by atoms with Gasteiger partial charge in [0.1, 0.15) is 0 Å². The molecule has 182 valence electrons. The van der Waals surface area contributed by atoms with Gasteiger partial charge in [-0.25, -0.2) is 9.59 Å². The Hall–Kier alpha value is -1.92. The number of hydrogen-bond acceptors (Lipinski definition) is 10. The van der Waals surface area contributed by atoms with Crippen molar-refractivity contribution in [2.24, 2.45) is 11.3 Å². The molecule has 2 N–H and O–H groups in total. The van der Waals surface area contributed by atoms with E-state index in [0.717, 1.165) is 0 Å². The van der Waals surface area contributed by atoms with E-state index in [1.54, 1.807) is 20.8 Å². The van der Waals surface area contributed by atoms with Crippen LogP contribution >= 0.6 is 0 Å². The summed E-state index contributed by atoms with van der Waals surface area (Å²) >= 11 is 0. The van der Waals surface area contributed by atoms with Crippen molar-refractivity contribution in [3.63, 3.8) is 0 Å². The topological polar surface area (TPSA) is 155 Å². The van der Waals surface area contributed by atoms with Crippen molar-refractivity contribution >= 4 is 28.1 Å². The fraction of sp³-hybridized carbons (Fsp3) is 0.842. The summed E-state index contributed by atoms with van der Waals surface area (Å²) in [5.74, 6) is -2.14. The van der Waals surface area contributed by atoms with Crippen molar-refractivity contribution < 1.29 is 46.3 Å². The third-order valence-electron chi connectivity index (χ3n) is 3.93. The van der Waals surface area contributed by atoms with Gasteiger partial charge in [-0.1, -0.05) is 34.6 Å². The molecule has 12 heteroatoms. The highest BCUT2D eigenvalue weighted by Gasteiger charge is 2.38. The second-order valence-corrected chi connectivity index (χ2v) is 9.78. The van der Waals surface area contributed by atoms with E-state index in [-0.39, 0.29) is 31.2 Å². The maximum absolute atomic E-state index is 12.3. The SMILES string of the molecule is CCCOC(=O)OC(OC(=O)[C@H](O)C(C)(C)COS(=O)(=O)CCCNC(C)=O)C(C)C. The van der Waals surface area contributed by atoms with Gasteiger partial charge in [-0.3, -0.25) is 8.98 Å². The molecule has 0 aliphatic carbocycles. The molecule has 0 aliphatic rings. The van der Waals surface area contributed by atoms with E-state index in [2.05, 4.69) is 5.32 Å². The molecule has 0 fully saturated rings. The first-order chi connectivity index (χ1) is 14.2. The van der Waals surface area contributed by atoms with Crippen LogP contribution < -0.4 is 5.32 Å². The molecule has 0 bridgehead atoms. The van der Waals surface area contributed by atoms with Crippen molar-refractivity contribution in [3.8, 4) is 0 Å². The molecule has 0 aliphatic heterocycles. The summed E-state index contributed by atoms with van der Waals surface area (Å²) < 4.78 is 43.7. The molecule has 1 amide bonds. The summed E-state index contributed by atoms with van der Waals surface area (Å²) in [6.45, 7) is 9.07. The van der Waals surface area contributed by atoms with E-state index in [1.165, 1.54) is 20.8 Å². The monoisotopic (exact) mass is 469 g/mol. The van der Waals surface area contributed by atoms with Crippen molar-refractivity contribution in [2.75, 3.05) is 25.5 Å². The smallest absolute Gasteiger partial charge is 0.434 e. The van der Waals surface area contributed by atoms with Gasteiger partial charge < -0.3 is 24.6 Å². The van der Waals surface area contributed by atoms with Crippen LogP contribution in [0.3, 0.4) is 0 Å². The minimum absolute atomic E-state index is 0.143. The average molecular weight is 470 g/mol. The number of hydrogen-bond donors (Lipinski definition) is 2. The van der Waals surface area contributed by atoms with Gasteiger partial charge in [-0.05, 0) is 12.8 Å². The van der Waals surface area contributed by atoms with E-state index in [0.29, 0.717) is 6.42 Å². The lowest BCUT2D eigenvalue weighted by molar-refractivity contribution is -0.194. The molecule has 0 saturated heterocycles. The molecule has 0 heterocycles. The summed E-state index contributed by atoms with van der Waals surface area (Å²) in [4.78, 5) is 34.8. The standard InChI is InChI=1S/C19H35NO10S/c1-7-10-27-18(24)30-17(13(2)3)29-16(23)15(22)19(5,6)12-28-31(25,26)11-8-9-20-14(4)21/h13,15,17,22H,7-12H2,1-6H3,(H,20,21)/t15-,17?/m0/s1. The second kappa shape index (κ2) is 13.5. The number of amides is 1. The molecule has 0 spiro atoms. The van der Waals surface area contributed by atoms with E-state index >= 15 is 0 Å². The molecule has 0 saturated carbocycles. The quantitative estimate of drug-likeness (QED) is 0.165. The first kappa shape index (κ1) is 29.1. The zero-order valence-electron chi connectivity index (χ0n) is 19.0. The normalized spacial score (nSPS) is 13.9. The molecule has 2 atom stereocenters. The lowest BCUT2D eigenvalue weighted by Gasteiger charge is -2.30. The number of carbonyl (C=O) groups is 3. The fourth-order valence-corrected chi connectivity index (χ4v) is 3.10. The number of nitrogens with one attached hydrogen (secondary N) is 1. The van der Waals surface area contributed by atoms with Gasteiger partial charge in [0, 0.05) is 24.8 Å². The van der Waals surface area contributed by atoms with Crippen LogP contribution in [0.5, 0.6) is 0 Å². The van der Waals surface area contributed by atoms with Crippen LogP contribution in [0, 0.1) is 11.3 Å². The Balaban J connectivity index is 4.80. The predicted octanol–water partition coefficient (Wildman–Crippen LogP) is 1.33. The van der Waals surface area contributed by atoms with E-state index in [4.69, 9.17) is 18.4 Å². The Morgan fingerprint density at radius 1 is 1.13 bits per heavy atom. The van der Waals surface area contributed by atoms with Gasteiger partial charge in [0.05, 0.1) is 19.0 Å². The predicted molar refractivity (Wildman–Crippen MR) is 110 cm³/mol. The van der Waals surface area contributed by atoms with Crippen molar-refractivity contribution in [1.82, 2.24) is 5.32 Å². The molecule has 0 aromatic heterocycles. The third-order valence-corrected chi connectivity index (χ3v) is 5.20. The third kappa shape index (κ3) is 12.5. The van der Waals surface area contributed by atoms with Crippen LogP contribution in [0.25, 0.3) is 0 Å². The van der Waals surface area contributed by atoms with Crippen LogP contribution in [0.1, 0.15) is 54.4 Å². The van der Waals surface area contributed by atoms with Gasteiger partial charge in [-0.15, -0.1) is 0 Å². The van der Waals surface area contributed by atoms with E-state index in [1.807, 2.05) is 0 Å². The summed E-state index contributed by atoms with van der Waals surface area (Å²) in [6, 6.07) is 0. The van der Waals surface area contributed by atoms with Crippen LogP contribution in [0.15, 0.2) is 0 Å². The molecule has 0 radical (unpaired) electrons. The summed E-state index contributed by atoms with van der Waals surface area (Å²) in [7, 11) is -3.93. The molecule has 1 unspecified atom stereocenters. The van der Waals surface area contributed by atoms with Gasteiger partial charge in [0.15, 0.2) is 6.10 Å². The average Bonchev–Trinajstić information content (AvgIpc) is 2.67. The number of aliphatic hydroxyl groups excluding tert-OH is 1. The lowest BCUT2D eigenvalue weighted by Crippen LogP contribution is -2.44. The minimum atomic E-state index is -3.93.